The molecule has 0 atom stereocenters. The maximum absolute atomic E-state index is 13.1. The minimum Gasteiger partial charge on any atom is -0.495 e. The number of ketones is 1. The second-order valence-corrected chi connectivity index (χ2v) is 9.51. The Labute approximate surface area is 239 Å². The van der Waals surface area contributed by atoms with E-state index in [4.69, 9.17) is 4.74 Å². The molecule has 0 saturated heterocycles. The van der Waals surface area contributed by atoms with E-state index in [1.807, 2.05) is 42.6 Å². The lowest BCUT2D eigenvalue weighted by molar-refractivity contribution is -0.117. The Morgan fingerprint density at radius 1 is 0.905 bits per heavy atom. The molecule has 11 heteroatoms. The average molecular weight is 574 g/mol. The van der Waals surface area contributed by atoms with Gasteiger partial charge >= 0.3 is 0 Å². The van der Waals surface area contributed by atoms with Crippen molar-refractivity contribution in [3.8, 4) is 16.9 Å². The minimum absolute atomic E-state index is 0.0414. The van der Waals surface area contributed by atoms with Gasteiger partial charge in [-0.15, -0.1) is 5.10 Å². The summed E-state index contributed by atoms with van der Waals surface area (Å²) < 4.78 is 44.9. The molecule has 2 aromatic heterocycles. The van der Waals surface area contributed by atoms with Crippen molar-refractivity contribution in [3.63, 3.8) is 0 Å². The lowest BCUT2D eigenvalue weighted by Gasteiger charge is -2.11. The molecule has 0 aliphatic rings. The number of fused-ring (bicyclic) bond motifs is 1. The highest BCUT2D eigenvalue weighted by atomic mass is 19.3. The van der Waals surface area contributed by atoms with Gasteiger partial charge in [0.1, 0.15) is 17.3 Å². The molecule has 0 fully saturated rings. The van der Waals surface area contributed by atoms with Gasteiger partial charge in [0.15, 0.2) is 5.65 Å². The van der Waals surface area contributed by atoms with Crippen molar-refractivity contribution in [2.45, 2.75) is 19.3 Å². The van der Waals surface area contributed by atoms with Crippen LogP contribution in [-0.2, 0) is 17.6 Å². The number of hydrogen-bond acceptors (Lipinski definition) is 6. The van der Waals surface area contributed by atoms with Crippen LogP contribution in [0.15, 0.2) is 85.1 Å². The van der Waals surface area contributed by atoms with Gasteiger partial charge in [-0.1, -0.05) is 36.4 Å². The molecule has 0 aliphatic heterocycles. The van der Waals surface area contributed by atoms with Crippen LogP contribution in [0.1, 0.15) is 21.5 Å². The van der Waals surface area contributed by atoms with Gasteiger partial charge in [0.2, 0.25) is 5.95 Å². The van der Waals surface area contributed by atoms with E-state index in [2.05, 4.69) is 20.7 Å². The van der Waals surface area contributed by atoms with E-state index >= 15 is 0 Å². The zero-order chi connectivity index (χ0) is 29.6. The van der Waals surface area contributed by atoms with E-state index < -0.39 is 18.9 Å². The highest BCUT2D eigenvalue weighted by Gasteiger charge is 2.14. The van der Waals surface area contributed by atoms with Gasteiger partial charge in [-0.25, -0.2) is 17.7 Å². The topological polar surface area (TPSA) is 97.6 Å². The highest BCUT2D eigenvalue weighted by molar-refractivity contribution is 5.95. The quantitative estimate of drug-likeness (QED) is 0.212. The van der Waals surface area contributed by atoms with Crippen LogP contribution in [0.2, 0.25) is 0 Å². The third-order valence-electron chi connectivity index (χ3n) is 6.46. The maximum atomic E-state index is 13.1. The van der Waals surface area contributed by atoms with Crippen molar-refractivity contribution in [1.82, 2.24) is 19.9 Å². The second-order valence-electron chi connectivity index (χ2n) is 9.51. The van der Waals surface area contributed by atoms with Crippen molar-refractivity contribution in [2.75, 3.05) is 19.0 Å². The molecule has 3 aromatic carbocycles. The van der Waals surface area contributed by atoms with Crippen LogP contribution in [-0.4, -0.2) is 46.4 Å². The number of carbonyl (C=O) groups is 2. The van der Waals surface area contributed by atoms with E-state index in [1.165, 1.54) is 31.4 Å². The monoisotopic (exact) mass is 573 g/mol. The molecule has 2 N–H and O–H groups in total. The van der Waals surface area contributed by atoms with Gasteiger partial charge in [-0.3, -0.25) is 9.59 Å². The smallest absolute Gasteiger partial charge is 0.255 e. The van der Waals surface area contributed by atoms with Crippen LogP contribution in [0.25, 0.3) is 16.8 Å². The summed E-state index contributed by atoms with van der Waals surface area (Å²) in [6.07, 6.45) is -0.294. The number of anilines is 2. The number of benzene rings is 3. The molecule has 0 bridgehead atoms. The molecule has 8 nitrogen and oxygen atoms in total. The van der Waals surface area contributed by atoms with Gasteiger partial charge in [-0.05, 0) is 59.2 Å². The Kier molecular flexibility index (Phi) is 8.47. The average Bonchev–Trinajstić information content (AvgIpc) is 3.39. The number of carbonyl (C=O) groups excluding carboxylic acids is 2. The van der Waals surface area contributed by atoms with Crippen molar-refractivity contribution < 1.29 is 27.5 Å². The van der Waals surface area contributed by atoms with Gasteiger partial charge in [-0.2, -0.15) is 4.98 Å². The molecule has 0 aliphatic carbocycles. The Bertz CT molecular complexity index is 1720. The Morgan fingerprint density at radius 2 is 1.57 bits per heavy atom. The summed E-state index contributed by atoms with van der Waals surface area (Å²) in [5, 5.41) is 9.71. The third-order valence-corrected chi connectivity index (χ3v) is 6.46. The normalized spacial score (nSPS) is 11.1. The number of Topliss-reactive ketones (excluding diaryl/α,β-unsaturated/α-hetero) is 1. The van der Waals surface area contributed by atoms with Gasteiger partial charge in [0.25, 0.3) is 12.3 Å². The number of nitrogens with one attached hydrogen (secondary N) is 2. The second kappa shape index (κ2) is 12.5. The summed E-state index contributed by atoms with van der Waals surface area (Å²) in [6, 6.07) is 21.8. The van der Waals surface area contributed by atoms with Gasteiger partial charge in [0.05, 0.1) is 19.3 Å². The molecule has 1 amide bonds. The Morgan fingerprint density at radius 3 is 2.24 bits per heavy atom. The maximum Gasteiger partial charge on any atom is 0.255 e. The van der Waals surface area contributed by atoms with E-state index in [1.54, 1.807) is 22.7 Å². The molecule has 0 saturated carbocycles. The van der Waals surface area contributed by atoms with E-state index in [-0.39, 0.29) is 36.0 Å². The summed E-state index contributed by atoms with van der Waals surface area (Å²) in [5.41, 5.74) is 4.73. The third kappa shape index (κ3) is 6.92. The predicted octanol–water partition coefficient (Wildman–Crippen LogP) is 5.64. The van der Waals surface area contributed by atoms with E-state index in [0.717, 1.165) is 22.3 Å². The molecule has 42 heavy (non-hydrogen) atoms. The number of amides is 1. The van der Waals surface area contributed by atoms with Crippen molar-refractivity contribution >= 4 is 29.0 Å². The van der Waals surface area contributed by atoms with E-state index in [9.17, 15) is 22.8 Å². The fourth-order valence-electron chi connectivity index (χ4n) is 4.37. The minimum atomic E-state index is -2.64. The largest absolute Gasteiger partial charge is 0.495 e. The summed E-state index contributed by atoms with van der Waals surface area (Å²) >= 11 is 0. The summed E-state index contributed by atoms with van der Waals surface area (Å²) in [6.45, 7) is -0.739. The van der Waals surface area contributed by atoms with Crippen molar-refractivity contribution in [3.05, 3.63) is 108 Å². The molecule has 5 rings (SSSR count). The first kappa shape index (κ1) is 28.3. The molecule has 0 radical (unpaired) electrons. The van der Waals surface area contributed by atoms with Crippen molar-refractivity contribution in [1.29, 1.82) is 0 Å². The van der Waals surface area contributed by atoms with Crippen LogP contribution >= 0.6 is 0 Å². The van der Waals surface area contributed by atoms with Gasteiger partial charge in [0, 0.05) is 30.2 Å². The molecule has 2 heterocycles. The number of rotatable bonds is 11. The van der Waals surface area contributed by atoms with Crippen LogP contribution in [0, 0.1) is 5.82 Å². The number of alkyl halides is 2. The number of ether oxygens (including phenoxy) is 1. The number of hydrogen-bond donors (Lipinski definition) is 2. The van der Waals surface area contributed by atoms with Crippen LogP contribution < -0.4 is 15.4 Å². The number of halogens is 3. The van der Waals surface area contributed by atoms with Gasteiger partial charge < -0.3 is 15.4 Å². The van der Waals surface area contributed by atoms with Crippen molar-refractivity contribution in [2.24, 2.45) is 0 Å². The number of aromatic nitrogens is 3. The molecule has 5 aromatic rings. The standard InChI is InChI=1S/C31H26F3N5O3/c1-42-27-16-22(30(41)35-17-28(33)34)8-12-26(27)36-31-37-29-13-9-23(18-39(29)38-31)21-6-2-19(3-7-21)14-25(40)15-20-4-10-24(32)11-5-20/h2-13,16,18,28H,14-15,17H2,1H3,(H,35,41)(H,36,38). The molecular formula is C31H26F3N5O3. The SMILES string of the molecule is COc1cc(C(=O)NCC(F)F)ccc1Nc1nc2ccc(-c3ccc(CC(=O)Cc4ccc(F)cc4)cc3)cn2n1. The fourth-order valence-corrected chi connectivity index (χ4v) is 4.37. The first-order valence-electron chi connectivity index (χ1n) is 13.0. The first-order valence-corrected chi connectivity index (χ1v) is 13.0. The summed E-state index contributed by atoms with van der Waals surface area (Å²) in [4.78, 5) is 29.1. The van der Waals surface area contributed by atoms with E-state index in [0.29, 0.717) is 17.1 Å². The zero-order valence-electron chi connectivity index (χ0n) is 22.5. The summed E-state index contributed by atoms with van der Waals surface area (Å²) in [5.74, 6) is -0.322. The molecule has 214 valence electrons. The molecular weight excluding hydrogens is 547 g/mol. The lowest BCUT2D eigenvalue weighted by atomic mass is 10.0. The Hall–Kier alpha value is -5.19. The van der Waals surface area contributed by atoms with Crippen LogP contribution in [0.5, 0.6) is 5.75 Å². The predicted molar refractivity (Wildman–Crippen MR) is 152 cm³/mol. The fraction of sp³-hybridized carbons (Fsp3) is 0.161. The first-order chi connectivity index (χ1) is 20.3. The molecule has 0 unspecified atom stereocenters. The van der Waals surface area contributed by atoms with Crippen LogP contribution in [0.4, 0.5) is 24.8 Å². The summed E-state index contributed by atoms with van der Waals surface area (Å²) in [7, 11) is 1.43. The molecule has 0 spiro atoms. The number of pyridine rings is 1. The van der Waals surface area contributed by atoms with Crippen LogP contribution in [0.3, 0.4) is 0 Å². The zero-order valence-corrected chi connectivity index (χ0v) is 22.5. The Balaban J connectivity index is 1.26. The highest BCUT2D eigenvalue weighted by Crippen LogP contribution is 2.28. The number of methoxy groups -OCH3 is 1. The number of nitrogens with zero attached hydrogens (tertiary/aromatic N) is 3. The lowest BCUT2D eigenvalue weighted by Crippen LogP contribution is -2.28.